The maximum atomic E-state index is 13.7. The number of alkyl halides is 2. The van der Waals surface area contributed by atoms with Gasteiger partial charge in [0.2, 0.25) is 0 Å². The zero-order chi connectivity index (χ0) is 30.1. The Hall–Kier alpha value is -2.86. The van der Waals surface area contributed by atoms with Gasteiger partial charge in [0.1, 0.15) is 12.3 Å². The molecule has 5 rings (SSSR count). The molecule has 1 saturated carbocycles. The standard InChI is InChI=1S/C30H22Br3ClN2O6/c31-18-9-5-17(6-10-18)30(41)42-19-11-7-16(8-12-19)26(37)15-35(27(38)20-3-1-2-4-25(20)34)36-28(39)21-13-23(32)24(33)14-22(21)29(36)40/h1-12,21-24H,13-15H2/t21-,22+,23+,24-. The number of rotatable bonds is 7. The molecule has 42 heavy (non-hydrogen) atoms. The highest BCUT2D eigenvalue weighted by Crippen LogP contribution is 2.44. The molecule has 12 heteroatoms. The number of benzene rings is 3. The van der Waals surface area contributed by atoms with Gasteiger partial charge in [0.05, 0.1) is 28.0 Å². The average Bonchev–Trinajstić information content (AvgIpc) is 3.20. The second kappa shape index (κ2) is 12.8. The number of nitrogens with zero attached hydrogens (tertiary/aromatic N) is 2. The number of hydrazine groups is 1. The average molecular weight is 782 g/mol. The lowest BCUT2D eigenvalue weighted by molar-refractivity contribution is -0.154. The first kappa shape index (κ1) is 30.6. The van der Waals surface area contributed by atoms with E-state index < -0.39 is 47.9 Å². The van der Waals surface area contributed by atoms with Crippen molar-refractivity contribution in [3.8, 4) is 5.75 Å². The molecule has 2 fully saturated rings. The predicted molar refractivity (Wildman–Crippen MR) is 166 cm³/mol. The van der Waals surface area contributed by atoms with Crippen LogP contribution in [0.4, 0.5) is 0 Å². The number of ether oxygens (including phenoxy) is 1. The van der Waals surface area contributed by atoms with E-state index in [1.807, 2.05) is 0 Å². The van der Waals surface area contributed by atoms with E-state index in [1.165, 1.54) is 36.4 Å². The third kappa shape index (κ3) is 6.24. The molecule has 2 aliphatic rings. The Kier molecular flexibility index (Phi) is 9.31. The Bertz CT molecular complexity index is 1540. The molecule has 0 radical (unpaired) electrons. The summed E-state index contributed by atoms with van der Waals surface area (Å²) in [6.07, 6.45) is 0.814. The van der Waals surface area contributed by atoms with Gasteiger partial charge in [0.15, 0.2) is 5.78 Å². The Balaban J connectivity index is 1.38. The summed E-state index contributed by atoms with van der Waals surface area (Å²) in [7, 11) is 0. The largest absolute Gasteiger partial charge is 0.423 e. The zero-order valence-corrected chi connectivity index (χ0v) is 27.2. The van der Waals surface area contributed by atoms with Gasteiger partial charge in [-0.3, -0.25) is 19.2 Å². The summed E-state index contributed by atoms with van der Waals surface area (Å²) >= 11 is 16.7. The van der Waals surface area contributed by atoms with Crippen molar-refractivity contribution in [2.75, 3.05) is 6.54 Å². The van der Waals surface area contributed by atoms with Crippen LogP contribution in [0, 0.1) is 11.8 Å². The van der Waals surface area contributed by atoms with Crippen molar-refractivity contribution in [2.24, 2.45) is 11.8 Å². The third-order valence-electron chi connectivity index (χ3n) is 7.23. The molecule has 0 aromatic heterocycles. The normalized spacial score (nSPS) is 21.6. The van der Waals surface area contributed by atoms with Gasteiger partial charge in [0.25, 0.3) is 17.7 Å². The van der Waals surface area contributed by atoms with Crippen molar-refractivity contribution in [3.63, 3.8) is 0 Å². The number of amides is 3. The molecule has 3 aromatic rings. The summed E-state index contributed by atoms with van der Waals surface area (Å²) in [6, 6.07) is 18.7. The van der Waals surface area contributed by atoms with Crippen molar-refractivity contribution in [2.45, 2.75) is 22.5 Å². The van der Waals surface area contributed by atoms with Crippen LogP contribution in [0.5, 0.6) is 5.75 Å². The van der Waals surface area contributed by atoms with Crippen LogP contribution in [-0.4, -0.2) is 55.7 Å². The van der Waals surface area contributed by atoms with Crippen LogP contribution in [0.2, 0.25) is 5.02 Å². The number of esters is 1. The second-order valence-corrected chi connectivity index (χ2v) is 13.6. The van der Waals surface area contributed by atoms with E-state index in [-0.39, 0.29) is 31.6 Å². The van der Waals surface area contributed by atoms with Gasteiger partial charge in [-0.1, -0.05) is 71.5 Å². The van der Waals surface area contributed by atoms with Crippen molar-refractivity contribution in [1.82, 2.24) is 10.0 Å². The number of Topliss-reactive ketones (excluding diaryl/α,β-unsaturated/α-hetero) is 1. The van der Waals surface area contributed by atoms with Crippen LogP contribution < -0.4 is 4.74 Å². The van der Waals surface area contributed by atoms with Crippen molar-refractivity contribution >= 4 is 88.9 Å². The number of carbonyl (C=O) groups excluding carboxylic acids is 5. The molecule has 0 N–H and O–H groups in total. The SMILES string of the molecule is O=C(CN(C(=O)c1ccccc1Cl)N1C(=O)[C@H]2C[C@@H](Br)[C@@H](Br)C[C@H]2C1=O)c1ccc(OC(=O)c2ccc(Br)cc2)cc1. The topological polar surface area (TPSA) is 101 Å². The number of fused-ring (bicyclic) bond motifs is 1. The van der Waals surface area contributed by atoms with Crippen LogP contribution in [0.3, 0.4) is 0 Å². The second-order valence-electron chi connectivity index (χ2n) is 9.89. The molecule has 1 heterocycles. The fourth-order valence-corrected chi connectivity index (χ4v) is 6.73. The van der Waals surface area contributed by atoms with Gasteiger partial charge in [-0.25, -0.2) is 9.80 Å². The lowest BCUT2D eigenvalue weighted by atomic mass is 9.81. The van der Waals surface area contributed by atoms with Crippen molar-refractivity contribution in [1.29, 1.82) is 0 Å². The van der Waals surface area contributed by atoms with E-state index in [9.17, 15) is 24.0 Å². The Morgan fingerprint density at radius 2 is 1.38 bits per heavy atom. The molecule has 216 valence electrons. The summed E-state index contributed by atoms with van der Waals surface area (Å²) in [5, 5.41) is 1.83. The molecule has 8 nitrogen and oxygen atoms in total. The maximum Gasteiger partial charge on any atom is 0.343 e. The number of hydrogen-bond acceptors (Lipinski definition) is 6. The number of hydrogen-bond donors (Lipinski definition) is 0. The van der Waals surface area contributed by atoms with Gasteiger partial charge in [-0.05, 0) is 73.5 Å². The lowest BCUT2D eigenvalue weighted by Crippen LogP contribution is -2.52. The first-order valence-corrected chi connectivity index (χ1v) is 15.9. The number of carbonyl (C=O) groups is 5. The summed E-state index contributed by atoms with van der Waals surface area (Å²) < 4.78 is 6.22. The molecule has 4 atom stereocenters. The highest BCUT2D eigenvalue weighted by Gasteiger charge is 2.54. The van der Waals surface area contributed by atoms with Gasteiger partial charge < -0.3 is 4.74 Å². The van der Waals surface area contributed by atoms with E-state index >= 15 is 0 Å². The predicted octanol–water partition coefficient (Wildman–Crippen LogP) is 6.48. The highest BCUT2D eigenvalue weighted by atomic mass is 79.9. The fourth-order valence-electron chi connectivity index (χ4n) is 5.01. The first-order chi connectivity index (χ1) is 20.0. The molecule has 3 amide bonds. The van der Waals surface area contributed by atoms with Crippen LogP contribution in [0.15, 0.2) is 77.3 Å². The van der Waals surface area contributed by atoms with Crippen LogP contribution in [0.1, 0.15) is 43.9 Å². The molecule has 0 unspecified atom stereocenters. The van der Waals surface area contributed by atoms with Crippen molar-refractivity contribution in [3.05, 3.63) is 99.0 Å². The van der Waals surface area contributed by atoms with E-state index in [2.05, 4.69) is 47.8 Å². The third-order valence-corrected chi connectivity index (χ3v) is 10.8. The number of ketones is 1. The molecular weight excluding hydrogens is 760 g/mol. The van der Waals surface area contributed by atoms with Crippen LogP contribution >= 0.6 is 59.4 Å². The molecule has 1 saturated heterocycles. The van der Waals surface area contributed by atoms with Gasteiger partial charge >= 0.3 is 5.97 Å². The number of imide groups is 1. The molecule has 1 aliphatic carbocycles. The van der Waals surface area contributed by atoms with E-state index in [0.29, 0.717) is 18.4 Å². The Morgan fingerprint density at radius 3 is 1.95 bits per heavy atom. The van der Waals surface area contributed by atoms with Gasteiger partial charge in [0, 0.05) is 19.7 Å². The van der Waals surface area contributed by atoms with Crippen molar-refractivity contribution < 1.29 is 28.7 Å². The minimum absolute atomic E-state index is 0.0267. The Morgan fingerprint density at radius 1 is 0.833 bits per heavy atom. The summed E-state index contributed by atoms with van der Waals surface area (Å²) in [5.41, 5.74) is 0.590. The van der Waals surface area contributed by atoms with Gasteiger partial charge in [-0.2, -0.15) is 5.01 Å². The van der Waals surface area contributed by atoms with E-state index in [1.54, 1.807) is 36.4 Å². The molecule has 0 bridgehead atoms. The zero-order valence-electron chi connectivity index (χ0n) is 21.7. The summed E-state index contributed by atoms with van der Waals surface area (Å²) in [4.78, 5) is 66.7. The fraction of sp³-hybridized carbons (Fsp3) is 0.233. The molecule has 3 aromatic carbocycles. The first-order valence-electron chi connectivity index (χ1n) is 12.9. The van der Waals surface area contributed by atoms with Crippen LogP contribution in [0.25, 0.3) is 0 Å². The smallest absolute Gasteiger partial charge is 0.343 e. The minimum atomic E-state index is -0.750. The quantitative estimate of drug-likeness (QED) is 0.0895. The molecular formula is C30H22Br3ClN2O6. The van der Waals surface area contributed by atoms with E-state index in [0.717, 1.165) is 14.5 Å². The lowest BCUT2D eigenvalue weighted by Gasteiger charge is -2.30. The van der Waals surface area contributed by atoms with Crippen LogP contribution in [-0.2, 0) is 9.59 Å². The summed E-state index contributed by atoms with van der Waals surface area (Å²) in [5.74, 6) is -3.93. The maximum absolute atomic E-state index is 13.7. The van der Waals surface area contributed by atoms with E-state index in [4.69, 9.17) is 16.3 Å². The molecule has 0 spiro atoms. The summed E-state index contributed by atoms with van der Waals surface area (Å²) in [6.45, 7) is -0.589. The highest BCUT2D eigenvalue weighted by molar-refractivity contribution is 9.12. The Labute approximate surface area is 271 Å². The number of halogens is 4. The minimum Gasteiger partial charge on any atom is -0.423 e. The molecule has 1 aliphatic heterocycles. The van der Waals surface area contributed by atoms with Gasteiger partial charge in [-0.15, -0.1) is 0 Å². The monoisotopic (exact) mass is 778 g/mol.